The van der Waals surface area contributed by atoms with Gasteiger partial charge in [-0.1, -0.05) is 38.0 Å². The number of para-hydroxylation sites is 1. The molecule has 1 aromatic rings. The minimum absolute atomic E-state index is 0.0289. The quantitative estimate of drug-likeness (QED) is 0.719. The minimum Gasteiger partial charge on any atom is -0.487 e. The van der Waals surface area contributed by atoms with Crippen molar-refractivity contribution in [3.63, 3.8) is 0 Å². The average Bonchev–Trinajstić information content (AvgIpc) is 2.45. The number of hydrogen-bond acceptors (Lipinski definition) is 1. The fraction of sp³-hybridized carbons (Fsp3) is 0.571. The Hall–Kier alpha value is -0.980. The molecular formula is C14H20O. The molecule has 1 nitrogen and oxygen atoms in total. The summed E-state index contributed by atoms with van der Waals surface area (Å²) in [6, 6.07) is 8.47. The molecule has 1 unspecified atom stereocenters. The molecule has 1 aliphatic heterocycles. The van der Waals surface area contributed by atoms with Crippen LogP contribution in [0.5, 0.6) is 5.75 Å². The van der Waals surface area contributed by atoms with E-state index in [4.69, 9.17) is 4.74 Å². The Morgan fingerprint density at radius 1 is 1.27 bits per heavy atom. The lowest BCUT2D eigenvalue weighted by molar-refractivity contribution is 0.105. The Morgan fingerprint density at radius 2 is 2.00 bits per heavy atom. The second kappa shape index (κ2) is 3.88. The third kappa shape index (κ3) is 1.88. The normalized spacial score (nSPS) is 22.2. The molecule has 0 saturated heterocycles. The van der Waals surface area contributed by atoms with Gasteiger partial charge in [0.05, 0.1) is 0 Å². The lowest BCUT2D eigenvalue weighted by Gasteiger charge is -2.26. The summed E-state index contributed by atoms with van der Waals surface area (Å²) < 4.78 is 6.00. The van der Waals surface area contributed by atoms with Crippen LogP contribution in [0.25, 0.3) is 0 Å². The molecule has 15 heavy (non-hydrogen) atoms. The van der Waals surface area contributed by atoms with E-state index in [9.17, 15) is 0 Å². The average molecular weight is 204 g/mol. The van der Waals surface area contributed by atoms with Gasteiger partial charge in [-0.3, -0.25) is 0 Å². The van der Waals surface area contributed by atoms with Crippen LogP contribution in [0.1, 0.15) is 51.5 Å². The van der Waals surface area contributed by atoms with Crippen molar-refractivity contribution >= 4 is 0 Å². The molecule has 0 radical (unpaired) electrons. The van der Waals surface area contributed by atoms with Crippen molar-refractivity contribution in [3.05, 3.63) is 29.8 Å². The van der Waals surface area contributed by atoms with E-state index in [0.29, 0.717) is 5.92 Å². The van der Waals surface area contributed by atoms with E-state index in [0.717, 1.165) is 5.75 Å². The molecule has 1 heteroatoms. The van der Waals surface area contributed by atoms with Crippen molar-refractivity contribution < 1.29 is 4.74 Å². The van der Waals surface area contributed by atoms with Gasteiger partial charge in [0.15, 0.2) is 0 Å². The number of hydrogen-bond donors (Lipinski definition) is 0. The maximum Gasteiger partial charge on any atom is 0.123 e. The maximum atomic E-state index is 6.00. The molecule has 0 bridgehead atoms. The fourth-order valence-electron chi connectivity index (χ4n) is 2.50. The molecule has 0 saturated carbocycles. The highest BCUT2D eigenvalue weighted by molar-refractivity contribution is 5.42. The second-order valence-electron chi connectivity index (χ2n) is 4.94. The van der Waals surface area contributed by atoms with Crippen molar-refractivity contribution in [1.82, 2.24) is 0 Å². The number of rotatable bonds is 3. The summed E-state index contributed by atoms with van der Waals surface area (Å²) in [6.45, 7) is 6.65. The summed E-state index contributed by atoms with van der Waals surface area (Å²) in [5.74, 6) is 1.65. The van der Waals surface area contributed by atoms with Crippen LogP contribution in [0.15, 0.2) is 24.3 Å². The van der Waals surface area contributed by atoms with Crippen molar-refractivity contribution in [1.29, 1.82) is 0 Å². The molecular weight excluding hydrogens is 184 g/mol. The van der Waals surface area contributed by atoms with Crippen LogP contribution in [0.3, 0.4) is 0 Å². The van der Waals surface area contributed by atoms with Crippen LogP contribution in [0, 0.1) is 0 Å². The first-order valence-corrected chi connectivity index (χ1v) is 5.93. The highest BCUT2D eigenvalue weighted by atomic mass is 16.5. The van der Waals surface area contributed by atoms with E-state index in [1.165, 1.54) is 24.8 Å². The molecule has 2 rings (SSSR count). The van der Waals surface area contributed by atoms with Crippen molar-refractivity contribution in [2.45, 2.75) is 51.6 Å². The monoisotopic (exact) mass is 204 g/mol. The highest BCUT2D eigenvalue weighted by Gasteiger charge is 2.39. The van der Waals surface area contributed by atoms with Gasteiger partial charge in [0.25, 0.3) is 0 Å². The molecule has 1 aliphatic rings. The molecule has 0 N–H and O–H groups in total. The van der Waals surface area contributed by atoms with Crippen LogP contribution >= 0.6 is 0 Å². The van der Waals surface area contributed by atoms with E-state index in [2.05, 4.69) is 45.0 Å². The highest BCUT2D eigenvalue weighted by Crippen LogP contribution is 2.46. The topological polar surface area (TPSA) is 9.23 Å². The third-order valence-electron chi connectivity index (χ3n) is 3.35. The summed E-state index contributed by atoms with van der Waals surface area (Å²) in [7, 11) is 0. The Balaban J connectivity index is 2.26. The lowest BCUT2D eigenvalue weighted by Crippen LogP contribution is -2.30. The van der Waals surface area contributed by atoms with E-state index >= 15 is 0 Å². The molecule has 1 atom stereocenters. The van der Waals surface area contributed by atoms with E-state index in [1.807, 2.05) is 0 Å². The predicted molar refractivity (Wildman–Crippen MR) is 63.4 cm³/mol. The van der Waals surface area contributed by atoms with Crippen molar-refractivity contribution in [2.24, 2.45) is 0 Å². The van der Waals surface area contributed by atoms with Crippen LogP contribution in [-0.2, 0) is 0 Å². The Kier molecular flexibility index (Phi) is 2.72. The van der Waals surface area contributed by atoms with Gasteiger partial charge in [-0.05, 0) is 26.3 Å². The van der Waals surface area contributed by atoms with Gasteiger partial charge in [-0.25, -0.2) is 0 Å². The first-order valence-electron chi connectivity index (χ1n) is 5.93. The van der Waals surface area contributed by atoms with Gasteiger partial charge in [0, 0.05) is 11.5 Å². The summed E-state index contributed by atoms with van der Waals surface area (Å²) in [5.41, 5.74) is 1.37. The molecule has 0 spiro atoms. The van der Waals surface area contributed by atoms with Crippen LogP contribution in [0.2, 0.25) is 0 Å². The molecule has 0 aromatic heterocycles. The molecule has 82 valence electrons. The predicted octanol–water partition coefficient (Wildman–Crippen LogP) is 4.13. The molecule has 0 amide bonds. The zero-order chi connectivity index (χ0) is 10.9. The number of benzene rings is 1. The smallest absolute Gasteiger partial charge is 0.123 e. The second-order valence-corrected chi connectivity index (χ2v) is 4.94. The van der Waals surface area contributed by atoms with E-state index < -0.39 is 0 Å². The first-order chi connectivity index (χ1) is 7.15. The summed E-state index contributed by atoms with van der Waals surface area (Å²) in [4.78, 5) is 0. The Morgan fingerprint density at radius 3 is 2.73 bits per heavy atom. The lowest BCUT2D eigenvalue weighted by atomic mass is 9.83. The largest absolute Gasteiger partial charge is 0.487 e. The van der Waals surface area contributed by atoms with Gasteiger partial charge < -0.3 is 4.74 Å². The fourth-order valence-corrected chi connectivity index (χ4v) is 2.50. The van der Waals surface area contributed by atoms with E-state index in [-0.39, 0.29) is 5.60 Å². The summed E-state index contributed by atoms with van der Waals surface area (Å²) in [6.07, 6.45) is 3.78. The number of ether oxygens (including phenoxy) is 1. The van der Waals surface area contributed by atoms with Crippen LogP contribution < -0.4 is 4.74 Å². The third-order valence-corrected chi connectivity index (χ3v) is 3.35. The van der Waals surface area contributed by atoms with Crippen molar-refractivity contribution in [3.8, 4) is 5.75 Å². The molecule has 1 heterocycles. The van der Waals surface area contributed by atoms with Gasteiger partial charge in [0.2, 0.25) is 0 Å². The van der Waals surface area contributed by atoms with Gasteiger partial charge >= 0.3 is 0 Å². The molecule has 0 aliphatic carbocycles. The van der Waals surface area contributed by atoms with Crippen LogP contribution in [0.4, 0.5) is 0 Å². The SMILES string of the molecule is CCCCC1c2ccccc2OC1(C)C. The molecule has 0 fully saturated rings. The minimum atomic E-state index is -0.0289. The van der Waals surface area contributed by atoms with Gasteiger partial charge in [0.1, 0.15) is 11.4 Å². The first kappa shape index (κ1) is 10.5. The standard InChI is InChI=1S/C14H20O/c1-4-5-9-12-11-8-6-7-10-13(11)15-14(12,2)3/h6-8,10,12H,4-5,9H2,1-3H3. The number of fused-ring (bicyclic) bond motifs is 1. The van der Waals surface area contributed by atoms with Gasteiger partial charge in [-0.15, -0.1) is 0 Å². The summed E-state index contributed by atoms with van der Waals surface area (Å²) >= 11 is 0. The Labute approximate surface area is 92.5 Å². The Bertz CT molecular complexity index is 341. The summed E-state index contributed by atoms with van der Waals surface area (Å²) in [5, 5.41) is 0. The zero-order valence-corrected chi connectivity index (χ0v) is 9.92. The zero-order valence-electron chi connectivity index (χ0n) is 9.92. The maximum absolute atomic E-state index is 6.00. The van der Waals surface area contributed by atoms with E-state index in [1.54, 1.807) is 0 Å². The van der Waals surface area contributed by atoms with Crippen LogP contribution in [-0.4, -0.2) is 5.60 Å². The van der Waals surface area contributed by atoms with Gasteiger partial charge in [-0.2, -0.15) is 0 Å². The molecule has 1 aromatic carbocycles. The van der Waals surface area contributed by atoms with Crippen molar-refractivity contribution in [2.75, 3.05) is 0 Å². The number of unbranched alkanes of at least 4 members (excludes halogenated alkanes) is 1.